The Bertz CT molecular complexity index is 570. The highest BCUT2D eigenvalue weighted by atomic mass is 16.5. The normalized spacial score (nSPS) is 11.1. The average Bonchev–Trinajstić information content (AvgIpc) is 2.82. The van der Waals surface area contributed by atoms with E-state index >= 15 is 0 Å². The third-order valence-electron chi connectivity index (χ3n) is 3.35. The van der Waals surface area contributed by atoms with Crippen LogP contribution >= 0.6 is 0 Å². The third kappa shape index (κ3) is 3.08. The molecule has 0 unspecified atom stereocenters. The molecule has 102 valence electrons. The van der Waals surface area contributed by atoms with Gasteiger partial charge in [-0.15, -0.1) is 0 Å². The van der Waals surface area contributed by atoms with E-state index in [9.17, 15) is 4.79 Å². The van der Waals surface area contributed by atoms with Crippen molar-refractivity contribution in [2.45, 2.75) is 26.7 Å². The van der Waals surface area contributed by atoms with Crippen molar-refractivity contribution in [1.29, 1.82) is 0 Å². The van der Waals surface area contributed by atoms with Crippen molar-refractivity contribution in [2.24, 2.45) is 5.92 Å². The van der Waals surface area contributed by atoms with Crippen LogP contribution in [0.2, 0.25) is 0 Å². The van der Waals surface area contributed by atoms with E-state index < -0.39 is 5.97 Å². The molecule has 1 aromatic carbocycles. The monoisotopic (exact) mass is 261 g/mol. The fraction of sp³-hybridized carbons (Fsp3) is 0.400. The average molecular weight is 261 g/mol. The molecule has 1 heterocycles. The molecular weight excluding hydrogens is 242 g/mol. The van der Waals surface area contributed by atoms with E-state index in [0.29, 0.717) is 23.8 Å². The van der Waals surface area contributed by atoms with Crippen molar-refractivity contribution in [1.82, 2.24) is 0 Å². The summed E-state index contributed by atoms with van der Waals surface area (Å²) in [5.41, 5.74) is 6.97. The number of fused-ring (bicyclic) bond motifs is 1. The highest BCUT2D eigenvalue weighted by Crippen LogP contribution is 2.22. The zero-order valence-corrected chi connectivity index (χ0v) is 11.3. The largest absolute Gasteiger partial charge is 0.460 e. The molecule has 0 aliphatic carbocycles. The molecular formula is C15H19NO3. The first-order valence-corrected chi connectivity index (χ1v) is 6.60. The lowest BCUT2D eigenvalue weighted by Crippen LogP contribution is -2.12. The van der Waals surface area contributed by atoms with Crippen LogP contribution in [-0.4, -0.2) is 12.6 Å². The van der Waals surface area contributed by atoms with Gasteiger partial charge in [-0.3, -0.25) is 0 Å². The molecule has 0 radical (unpaired) electrons. The first-order chi connectivity index (χ1) is 9.13. The van der Waals surface area contributed by atoms with E-state index in [4.69, 9.17) is 14.9 Å². The van der Waals surface area contributed by atoms with E-state index in [1.807, 2.05) is 0 Å². The van der Waals surface area contributed by atoms with Crippen LogP contribution in [0.4, 0.5) is 5.69 Å². The summed E-state index contributed by atoms with van der Waals surface area (Å²) in [6.07, 6.45) is 2.00. The summed E-state index contributed by atoms with van der Waals surface area (Å²) in [6, 6.07) is 6.94. The Labute approximate surface area is 112 Å². The topological polar surface area (TPSA) is 65.5 Å². The second kappa shape index (κ2) is 5.78. The molecule has 19 heavy (non-hydrogen) atoms. The number of hydrogen-bond acceptors (Lipinski definition) is 4. The Kier molecular flexibility index (Phi) is 4.10. The fourth-order valence-corrected chi connectivity index (χ4v) is 1.95. The summed E-state index contributed by atoms with van der Waals surface area (Å²) < 4.78 is 10.7. The van der Waals surface area contributed by atoms with Crippen LogP contribution in [0.1, 0.15) is 37.2 Å². The minimum absolute atomic E-state index is 0.228. The van der Waals surface area contributed by atoms with E-state index in [0.717, 1.165) is 18.2 Å². The lowest BCUT2D eigenvalue weighted by atomic mass is 10.1. The Morgan fingerprint density at radius 2 is 2.05 bits per heavy atom. The zero-order valence-electron chi connectivity index (χ0n) is 11.3. The first kappa shape index (κ1) is 13.5. The maximum atomic E-state index is 11.9. The molecule has 4 nitrogen and oxygen atoms in total. The number of carbonyl (C=O) groups excluding carboxylic acids is 1. The number of nitrogen functional groups attached to an aromatic ring is 1. The van der Waals surface area contributed by atoms with Gasteiger partial charge in [0.1, 0.15) is 5.58 Å². The molecule has 0 aliphatic rings. The van der Waals surface area contributed by atoms with E-state index in [1.165, 1.54) is 0 Å². The van der Waals surface area contributed by atoms with Gasteiger partial charge in [0.05, 0.1) is 6.61 Å². The van der Waals surface area contributed by atoms with Gasteiger partial charge in [-0.25, -0.2) is 4.79 Å². The van der Waals surface area contributed by atoms with Crippen LogP contribution in [0.3, 0.4) is 0 Å². The van der Waals surface area contributed by atoms with Gasteiger partial charge in [-0.05, 0) is 30.2 Å². The van der Waals surface area contributed by atoms with Crippen LogP contribution in [0.15, 0.2) is 28.7 Å². The van der Waals surface area contributed by atoms with E-state index in [-0.39, 0.29) is 5.76 Å². The summed E-state index contributed by atoms with van der Waals surface area (Å²) in [4.78, 5) is 11.9. The summed E-state index contributed by atoms with van der Waals surface area (Å²) in [5.74, 6) is 0.220. The fourth-order valence-electron chi connectivity index (χ4n) is 1.95. The Morgan fingerprint density at radius 3 is 2.74 bits per heavy atom. The molecule has 1 aromatic heterocycles. The van der Waals surface area contributed by atoms with Gasteiger partial charge in [0.15, 0.2) is 0 Å². The highest BCUT2D eigenvalue weighted by molar-refractivity contribution is 5.93. The molecule has 0 atom stereocenters. The molecule has 4 heteroatoms. The maximum Gasteiger partial charge on any atom is 0.374 e. The molecule has 0 spiro atoms. The van der Waals surface area contributed by atoms with Crippen molar-refractivity contribution < 1.29 is 13.9 Å². The van der Waals surface area contributed by atoms with E-state index in [1.54, 1.807) is 24.3 Å². The second-order valence-corrected chi connectivity index (χ2v) is 4.69. The van der Waals surface area contributed by atoms with Crippen LogP contribution in [0, 0.1) is 5.92 Å². The number of hydrogen-bond donors (Lipinski definition) is 1. The second-order valence-electron chi connectivity index (χ2n) is 4.69. The third-order valence-corrected chi connectivity index (χ3v) is 3.35. The SMILES string of the molecule is CCC(CC)COC(=O)c1cc2cc(N)ccc2o1. The Morgan fingerprint density at radius 1 is 1.32 bits per heavy atom. The lowest BCUT2D eigenvalue weighted by Gasteiger charge is -2.11. The minimum Gasteiger partial charge on any atom is -0.460 e. The predicted molar refractivity (Wildman–Crippen MR) is 75.0 cm³/mol. The molecule has 0 fully saturated rings. The maximum absolute atomic E-state index is 11.9. The smallest absolute Gasteiger partial charge is 0.374 e. The van der Waals surface area contributed by atoms with Crippen molar-refractivity contribution >= 4 is 22.6 Å². The van der Waals surface area contributed by atoms with Crippen LogP contribution < -0.4 is 5.73 Å². The van der Waals surface area contributed by atoms with Crippen LogP contribution in [0.5, 0.6) is 0 Å². The van der Waals surface area contributed by atoms with Crippen molar-refractivity contribution in [3.63, 3.8) is 0 Å². The molecule has 2 N–H and O–H groups in total. The first-order valence-electron chi connectivity index (χ1n) is 6.60. The number of nitrogens with two attached hydrogens (primary N) is 1. The molecule has 0 amide bonds. The summed E-state index contributed by atoms with van der Waals surface area (Å²) >= 11 is 0. The Balaban J connectivity index is 2.09. The van der Waals surface area contributed by atoms with Gasteiger partial charge in [0, 0.05) is 11.1 Å². The standard InChI is InChI=1S/C15H19NO3/c1-3-10(4-2)9-18-15(17)14-8-11-7-12(16)5-6-13(11)19-14/h5-8,10H,3-4,9,16H2,1-2H3. The van der Waals surface area contributed by atoms with Crippen LogP contribution in [0.25, 0.3) is 11.0 Å². The zero-order chi connectivity index (χ0) is 13.8. The minimum atomic E-state index is -0.415. The van der Waals surface area contributed by atoms with Crippen molar-refractivity contribution in [3.8, 4) is 0 Å². The number of benzene rings is 1. The van der Waals surface area contributed by atoms with Gasteiger partial charge in [0.2, 0.25) is 5.76 Å². The van der Waals surface area contributed by atoms with Gasteiger partial charge in [-0.2, -0.15) is 0 Å². The lowest BCUT2D eigenvalue weighted by molar-refractivity contribution is 0.0400. The summed E-state index contributed by atoms with van der Waals surface area (Å²) in [7, 11) is 0. The Hall–Kier alpha value is -1.97. The van der Waals surface area contributed by atoms with Gasteiger partial charge in [0.25, 0.3) is 0 Å². The molecule has 2 rings (SSSR count). The van der Waals surface area contributed by atoms with Crippen molar-refractivity contribution in [2.75, 3.05) is 12.3 Å². The predicted octanol–water partition coefficient (Wildman–Crippen LogP) is 3.61. The molecule has 0 aliphatic heterocycles. The molecule has 0 saturated heterocycles. The van der Waals surface area contributed by atoms with Gasteiger partial charge in [-0.1, -0.05) is 26.7 Å². The number of esters is 1. The number of carbonyl (C=O) groups is 1. The summed E-state index contributed by atoms with van der Waals surface area (Å²) in [5, 5.41) is 0.814. The number of furan rings is 1. The van der Waals surface area contributed by atoms with Gasteiger partial charge < -0.3 is 14.9 Å². The quantitative estimate of drug-likeness (QED) is 0.659. The number of anilines is 1. The molecule has 2 aromatic rings. The highest BCUT2D eigenvalue weighted by Gasteiger charge is 2.15. The van der Waals surface area contributed by atoms with E-state index in [2.05, 4.69) is 13.8 Å². The molecule has 0 bridgehead atoms. The molecule has 0 saturated carbocycles. The summed E-state index contributed by atoms with van der Waals surface area (Å²) in [6.45, 7) is 4.61. The number of ether oxygens (including phenoxy) is 1. The van der Waals surface area contributed by atoms with Crippen molar-refractivity contribution in [3.05, 3.63) is 30.0 Å². The number of rotatable bonds is 5. The van der Waals surface area contributed by atoms with Crippen LogP contribution in [-0.2, 0) is 4.74 Å². The van der Waals surface area contributed by atoms with Gasteiger partial charge >= 0.3 is 5.97 Å².